The summed E-state index contributed by atoms with van der Waals surface area (Å²) in [7, 11) is 3.54. The van der Waals surface area contributed by atoms with E-state index in [1.54, 1.807) is 43.5 Å². The molecule has 10 heteroatoms. The van der Waals surface area contributed by atoms with Crippen molar-refractivity contribution in [2.75, 3.05) is 26.0 Å². The highest BCUT2D eigenvalue weighted by Crippen LogP contribution is 2.41. The van der Waals surface area contributed by atoms with E-state index in [2.05, 4.69) is 15.3 Å². The zero-order chi connectivity index (χ0) is 28.3. The van der Waals surface area contributed by atoms with E-state index < -0.39 is 11.1 Å². The van der Waals surface area contributed by atoms with Crippen LogP contribution in [0.2, 0.25) is 0 Å². The van der Waals surface area contributed by atoms with Crippen LogP contribution < -0.4 is 15.8 Å². The number of cyclic esters (lactones) is 1. The second-order valence-corrected chi connectivity index (χ2v) is 11.9. The molecule has 1 amide bonds. The zero-order valence-electron chi connectivity index (χ0n) is 23.5. The molecule has 0 bridgehead atoms. The average Bonchev–Trinajstić information content (AvgIpc) is 3.63. The summed E-state index contributed by atoms with van der Waals surface area (Å²) in [4.78, 5) is 40.2. The summed E-state index contributed by atoms with van der Waals surface area (Å²) < 4.78 is 11.7. The maximum Gasteiger partial charge on any atom is 0.340 e. The van der Waals surface area contributed by atoms with E-state index in [0.717, 1.165) is 22.8 Å². The van der Waals surface area contributed by atoms with Gasteiger partial charge in [-0.25, -0.2) is 19.7 Å². The van der Waals surface area contributed by atoms with Crippen molar-refractivity contribution in [2.45, 2.75) is 58.1 Å². The predicted octanol–water partition coefficient (Wildman–Crippen LogP) is 4.12. The van der Waals surface area contributed by atoms with Gasteiger partial charge in [0.05, 0.1) is 23.3 Å². The number of amides is 1. The van der Waals surface area contributed by atoms with Crippen LogP contribution in [0.25, 0.3) is 10.8 Å². The third-order valence-corrected chi connectivity index (χ3v) is 7.75. The molecule has 0 saturated heterocycles. The molecule has 3 atom stereocenters. The summed E-state index contributed by atoms with van der Waals surface area (Å²) >= 11 is 0. The van der Waals surface area contributed by atoms with Crippen molar-refractivity contribution in [1.29, 1.82) is 0 Å². The van der Waals surface area contributed by atoms with Crippen LogP contribution >= 0.6 is 0 Å². The Morgan fingerprint density at radius 1 is 1.21 bits per heavy atom. The van der Waals surface area contributed by atoms with Gasteiger partial charge >= 0.3 is 5.97 Å². The Morgan fingerprint density at radius 3 is 2.64 bits per heavy atom. The van der Waals surface area contributed by atoms with Gasteiger partial charge in [-0.1, -0.05) is 6.92 Å². The fourth-order valence-corrected chi connectivity index (χ4v) is 4.95. The number of esters is 1. The van der Waals surface area contributed by atoms with Crippen molar-refractivity contribution in [3.63, 3.8) is 0 Å². The molecule has 0 aromatic carbocycles. The van der Waals surface area contributed by atoms with E-state index in [0.29, 0.717) is 35.4 Å². The molecule has 3 N–H and O–H groups in total. The van der Waals surface area contributed by atoms with Gasteiger partial charge in [-0.15, -0.1) is 0 Å². The standard InChI is InChI=1S/C29H36N6O4/c1-15-24-17(27(37)39-29(15,4)5)8-9-22(34-24)33-23-11-19-20(12-31-23)25(32-13-21(19)28(2,3)30)38-14-16-10-18(16)26(36)35(6)7/h8-9,11-13,15-16,18H,10,14,30H2,1-7H3,(H,31,33,34)/t15-,16+,18+/m1/s1. The van der Waals surface area contributed by atoms with Crippen molar-refractivity contribution in [1.82, 2.24) is 19.9 Å². The van der Waals surface area contributed by atoms with E-state index in [1.807, 2.05) is 40.7 Å². The second kappa shape index (κ2) is 9.44. The first kappa shape index (κ1) is 26.8. The van der Waals surface area contributed by atoms with Crippen molar-refractivity contribution in [2.24, 2.45) is 17.6 Å². The van der Waals surface area contributed by atoms with Crippen LogP contribution in [0, 0.1) is 11.8 Å². The van der Waals surface area contributed by atoms with E-state index in [4.69, 9.17) is 20.2 Å². The highest BCUT2D eigenvalue weighted by Gasteiger charge is 2.44. The molecule has 1 aliphatic carbocycles. The lowest BCUT2D eigenvalue weighted by Gasteiger charge is -2.36. The second-order valence-electron chi connectivity index (χ2n) is 11.9. The minimum absolute atomic E-state index is 0.00158. The third kappa shape index (κ3) is 5.13. The molecule has 1 fully saturated rings. The number of pyridine rings is 3. The molecule has 3 aromatic rings. The molecular formula is C29H36N6O4. The number of hydrogen-bond donors (Lipinski definition) is 2. The lowest BCUT2D eigenvalue weighted by molar-refractivity contribution is -0.130. The van der Waals surface area contributed by atoms with Crippen molar-refractivity contribution >= 4 is 34.3 Å². The van der Waals surface area contributed by atoms with Gasteiger partial charge in [0, 0.05) is 49.8 Å². The summed E-state index contributed by atoms with van der Waals surface area (Å²) in [5, 5.41) is 4.88. The Morgan fingerprint density at radius 2 is 1.95 bits per heavy atom. The number of rotatable bonds is 7. The van der Waals surface area contributed by atoms with Crippen molar-refractivity contribution in [3.8, 4) is 5.88 Å². The minimum Gasteiger partial charge on any atom is -0.477 e. The summed E-state index contributed by atoms with van der Waals surface area (Å²) in [5.74, 6) is 1.47. The molecule has 10 nitrogen and oxygen atoms in total. The Balaban J connectivity index is 1.43. The van der Waals surface area contributed by atoms with Gasteiger partial charge in [0.2, 0.25) is 11.8 Å². The SMILES string of the molecule is C[C@@H]1c2nc(Nc3cc4c(C(C)(C)N)cnc(OC[C@@H]5C[C@@H]5C(=O)N(C)C)c4cn3)ccc2C(=O)OC1(C)C. The van der Waals surface area contributed by atoms with Gasteiger partial charge in [0.1, 0.15) is 17.2 Å². The summed E-state index contributed by atoms with van der Waals surface area (Å²) in [6, 6.07) is 5.38. The van der Waals surface area contributed by atoms with Crippen molar-refractivity contribution in [3.05, 3.63) is 47.4 Å². The first-order chi connectivity index (χ1) is 18.3. The Bertz CT molecular complexity index is 1460. The molecule has 2 aliphatic rings. The van der Waals surface area contributed by atoms with Gasteiger partial charge in [0.25, 0.3) is 0 Å². The van der Waals surface area contributed by atoms with Gasteiger partial charge in [0.15, 0.2) is 0 Å². The van der Waals surface area contributed by atoms with E-state index in [-0.39, 0.29) is 29.6 Å². The van der Waals surface area contributed by atoms with Crippen LogP contribution in [0.1, 0.15) is 68.6 Å². The van der Waals surface area contributed by atoms with Crippen molar-refractivity contribution < 1.29 is 19.1 Å². The molecule has 0 radical (unpaired) electrons. The third-order valence-electron chi connectivity index (χ3n) is 7.75. The number of aromatic nitrogens is 3. The molecule has 1 aliphatic heterocycles. The van der Waals surface area contributed by atoms with Crippen LogP contribution in [0.4, 0.5) is 11.6 Å². The molecule has 0 unspecified atom stereocenters. The lowest BCUT2D eigenvalue weighted by Crippen LogP contribution is -2.39. The molecule has 5 rings (SSSR count). The summed E-state index contributed by atoms with van der Waals surface area (Å²) in [6.45, 7) is 10.0. The number of hydrogen-bond acceptors (Lipinski definition) is 9. The van der Waals surface area contributed by atoms with Gasteiger partial charge in [-0.3, -0.25) is 4.79 Å². The van der Waals surface area contributed by atoms with E-state index in [1.165, 1.54) is 0 Å². The molecule has 1 saturated carbocycles. The molecule has 0 spiro atoms. The van der Waals surface area contributed by atoms with Crippen LogP contribution in [-0.4, -0.2) is 58.0 Å². The molecular weight excluding hydrogens is 496 g/mol. The lowest BCUT2D eigenvalue weighted by atomic mass is 9.84. The van der Waals surface area contributed by atoms with Crippen LogP contribution in [0.5, 0.6) is 5.88 Å². The number of nitrogens with two attached hydrogens (primary N) is 1. The Labute approximate surface area is 228 Å². The number of carbonyl (C=O) groups is 2. The first-order valence-electron chi connectivity index (χ1n) is 13.2. The normalized spacial score (nSPS) is 21.6. The summed E-state index contributed by atoms with van der Waals surface area (Å²) in [5.41, 5.74) is 7.20. The zero-order valence-corrected chi connectivity index (χ0v) is 23.5. The molecule has 3 aromatic heterocycles. The fraction of sp³-hybridized carbons (Fsp3) is 0.483. The van der Waals surface area contributed by atoms with E-state index >= 15 is 0 Å². The van der Waals surface area contributed by atoms with Gasteiger partial charge in [-0.05, 0) is 63.3 Å². The number of nitrogens with zero attached hydrogens (tertiary/aromatic N) is 4. The monoisotopic (exact) mass is 532 g/mol. The van der Waals surface area contributed by atoms with Crippen LogP contribution in [0.15, 0.2) is 30.6 Å². The number of carbonyl (C=O) groups excluding carboxylic acids is 2. The largest absolute Gasteiger partial charge is 0.477 e. The number of fused-ring (bicyclic) bond motifs is 2. The maximum atomic E-state index is 12.5. The van der Waals surface area contributed by atoms with Crippen LogP contribution in [0.3, 0.4) is 0 Å². The number of anilines is 2. The topological polar surface area (TPSA) is 133 Å². The van der Waals surface area contributed by atoms with E-state index in [9.17, 15) is 9.59 Å². The first-order valence-corrected chi connectivity index (χ1v) is 13.2. The highest BCUT2D eigenvalue weighted by atomic mass is 16.6. The molecule has 206 valence electrons. The Hall–Kier alpha value is -3.79. The average molecular weight is 533 g/mol. The van der Waals surface area contributed by atoms with Crippen LogP contribution in [-0.2, 0) is 15.1 Å². The maximum absolute atomic E-state index is 12.5. The summed E-state index contributed by atoms with van der Waals surface area (Å²) in [6.07, 6.45) is 4.27. The fourth-order valence-electron chi connectivity index (χ4n) is 4.95. The Kier molecular flexibility index (Phi) is 6.49. The molecule has 4 heterocycles. The number of ether oxygens (including phenoxy) is 2. The van der Waals surface area contributed by atoms with Gasteiger partial charge < -0.3 is 25.4 Å². The minimum atomic E-state index is -0.659. The predicted molar refractivity (Wildman–Crippen MR) is 148 cm³/mol. The molecule has 39 heavy (non-hydrogen) atoms. The quantitative estimate of drug-likeness (QED) is 0.431. The van der Waals surface area contributed by atoms with Gasteiger partial charge in [-0.2, -0.15) is 0 Å². The highest BCUT2D eigenvalue weighted by molar-refractivity contribution is 5.93. The number of nitrogens with one attached hydrogen (secondary N) is 1. The smallest absolute Gasteiger partial charge is 0.340 e.